The van der Waals surface area contributed by atoms with Gasteiger partial charge in [0, 0.05) is 0 Å². The van der Waals surface area contributed by atoms with Gasteiger partial charge >= 0.3 is 0 Å². The summed E-state index contributed by atoms with van der Waals surface area (Å²) in [6, 6.07) is 5.28. The zero-order valence-electron chi connectivity index (χ0n) is 10.1. The van der Waals surface area contributed by atoms with Crippen LogP contribution in [0.4, 0.5) is 4.39 Å². The Hall–Kier alpha value is -0.410. The lowest BCUT2D eigenvalue weighted by atomic mass is 9.92. The van der Waals surface area contributed by atoms with Crippen molar-refractivity contribution < 1.29 is 9.13 Å². The van der Waals surface area contributed by atoms with E-state index in [2.05, 4.69) is 22.9 Å². The molecular formula is C14H18BrFO. The van der Waals surface area contributed by atoms with E-state index in [-0.39, 0.29) is 11.9 Å². The summed E-state index contributed by atoms with van der Waals surface area (Å²) in [5, 5.41) is 0. The number of halogens is 2. The SMILES string of the molecule is CCCC1CCC(c2ccc(Br)c(F)c2)OC1. The van der Waals surface area contributed by atoms with Crippen LogP contribution in [0.5, 0.6) is 0 Å². The molecule has 94 valence electrons. The number of benzene rings is 1. The van der Waals surface area contributed by atoms with Crippen molar-refractivity contribution in [2.24, 2.45) is 5.92 Å². The van der Waals surface area contributed by atoms with Gasteiger partial charge in [-0.05, 0) is 58.8 Å². The van der Waals surface area contributed by atoms with Crippen LogP contribution in [0.3, 0.4) is 0 Å². The highest BCUT2D eigenvalue weighted by atomic mass is 79.9. The maximum Gasteiger partial charge on any atom is 0.137 e. The molecule has 1 fully saturated rings. The number of hydrogen-bond donors (Lipinski definition) is 0. The van der Waals surface area contributed by atoms with Crippen LogP contribution in [-0.4, -0.2) is 6.61 Å². The Bertz CT molecular complexity index is 372. The molecule has 1 aromatic carbocycles. The van der Waals surface area contributed by atoms with Crippen LogP contribution in [0.25, 0.3) is 0 Å². The fourth-order valence-electron chi connectivity index (χ4n) is 2.42. The summed E-state index contributed by atoms with van der Waals surface area (Å²) in [4.78, 5) is 0. The highest BCUT2D eigenvalue weighted by Gasteiger charge is 2.22. The first-order chi connectivity index (χ1) is 8.20. The molecule has 0 spiro atoms. The van der Waals surface area contributed by atoms with Gasteiger partial charge in [0.05, 0.1) is 17.2 Å². The van der Waals surface area contributed by atoms with E-state index < -0.39 is 0 Å². The van der Waals surface area contributed by atoms with Crippen molar-refractivity contribution in [1.29, 1.82) is 0 Å². The maximum absolute atomic E-state index is 13.4. The lowest BCUT2D eigenvalue weighted by molar-refractivity contribution is -0.0196. The molecule has 2 unspecified atom stereocenters. The summed E-state index contributed by atoms with van der Waals surface area (Å²) in [5.41, 5.74) is 0.959. The summed E-state index contributed by atoms with van der Waals surface area (Å²) in [5.74, 6) is 0.485. The number of ether oxygens (including phenoxy) is 1. The van der Waals surface area contributed by atoms with Crippen molar-refractivity contribution in [2.75, 3.05) is 6.61 Å². The molecule has 17 heavy (non-hydrogen) atoms. The maximum atomic E-state index is 13.4. The predicted molar refractivity (Wildman–Crippen MR) is 70.4 cm³/mol. The van der Waals surface area contributed by atoms with Gasteiger partial charge in [0.25, 0.3) is 0 Å². The molecule has 1 saturated heterocycles. The third-order valence-corrected chi connectivity index (χ3v) is 4.03. The molecule has 1 heterocycles. The van der Waals surface area contributed by atoms with Crippen LogP contribution in [0.2, 0.25) is 0 Å². The zero-order valence-corrected chi connectivity index (χ0v) is 11.7. The Balaban J connectivity index is 1.98. The number of rotatable bonds is 3. The summed E-state index contributed by atoms with van der Waals surface area (Å²) in [7, 11) is 0. The summed E-state index contributed by atoms with van der Waals surface area (Å²) >= 11 is 3.17. The second-order valence-electron chi connectivity index (χ2n) is 4.73. The average molecular weight is 301 g/mol. The van der Waals surface area contributed by atoms with Gasteiger partial charge < -0.3 is 4.74 Å². The van der Waals surface area contributed by atoms with Crippen LogP contribution in [0.1, 0.15) is 44.3 Å². The molecule has 0 bridgehead atoms. The third-order valence-electron chi connectivity index (χ3n) is 3.38. The third kappa shape index (κ3) is 3.29. The van der Waals surface area contributed by atoms with Gasteiger partial charge in [0.15, 0.2) is 0 Å². The Kier molecular flexibility index (Phi) is 4.57. The smallest absolute Gasteiger partial charge is 0.137 e. The van der Waals surface area contributed by atoms with E-state index in [4.69, 9.17) is 4.74 Å². The van der Waals surface area contributed by atoms with E-state index in [0.717, 1.165) is 18.6 Å². The molecule has 0 aliphatic carbocycles. The summed E-state index contributed by atoms with van der Waals surface area (Å²) in [6.07, 6.45) is 4.72. The fraction of sp³-hybridized carbons (Fsp3) is 0.571. The molecule has 0 amide bonds. The van der Waals surface area contributed by atoms with E-state index in [9.17, 15) is 4.39 Å². The monoisotopic (exact) mass is 300 g/mol. The van der Waals surface area contributed by atoms with Gasteiger partial charge in [-0.3, -0.25) is 0 Å². The van der Waals surface area contributed by atoms with Crippen molar-refractivity contribution in [1.82, 2.24) is 0 Å². The first kappa shape index (κ1) is 13.0. The Labute approximate surface area is 110 Å². The van der Waals surface area contributed by atoms with E-state index in [0.29, 0.717) is 10.4 Å². The van der Waals surface area contributed by atoms with Crippen molar-refractivity contribution in [3.63, 3.8) is 0 Å². The highest BCUT2D eigenvalue weighted by Crippen LogP contribution is 2.33. The van der Waals surface area contributed by atoms with Gasteiger partial charge in [-0.25, -0.2) is 4.39 Å². The Morgan fingerprint density at radius 2 is 2.24 bits per heavy atom. The minimum Gasteiger partial charge on any atom is -0.373 e. The van der Waals surface area contributed by atoms with E-state index in [1.54, 1.807) is 12.1 Å². The minimum atomic E-state index is -0.207. The van der Waals surface area contributed by atoms with Gasteiger partial charge in [-0.2, -0.15) is 0 Å². The molecule has 0 N–H and O–H groups in total. The lowest BCUT2D eigenvalue weighted by Crippen LogP contribution is -2.20. The summed E-state index contributed by atoms with van der Waals surface area (Å²) < 4.78 is 19.8. The second kappa shape index (κ2) is 5.96. The largest absolute Gasteiger partial charge is 0.373 e. The molecule has 1 aliphatic heterocycles. The molecule has 0 aromatic heterocycles. The van der Waals surface area contributed by atoms with Crippen LogP contribution in [0.15, 0.2) is 22.7 Å². The van der Waals surface area contributed by atoms with Gasteiger partial charge in [0.2, 0.25) is 0 Å². The molecule has 1 aliphatic rings. The fourth-order valence-corrected chi connectivity index (χ4v) is 2.66. The standard InChI is InChI=1S/C14H18BrFO/c1-2-3-10-4-7-14(17-9-10)11-5-6-12(15)13(16)8-11/h5-6,8,10,14H,2-4,7,9H2,1H3. The first-order valence-electron chi connectivity index (χ1n) is 6.27. The first-order valence-corrected chi connectivity index (χ1v) is 7.06. The molecule has 1 nitrogen and oxygen atoms in total. The Morgan fingerprint density at radius 1 is 1.41 bits per heavy atom. The predicted octanol–water partition coefficient (Wildman–Crippen LogP) is 4.86. The molecule has 2 rings (SSSR count). The highest BCUT2D eigenvalue weighted by molar-refractivity contribution is 9.10. The van der Waals surface area contributed by atoms with E-state index in [1.807, 2.05) is 6.07 Å². The quantitative estimate of drug-likeness (QED) is 0.775. The molecule has 0 radical (unpaired) electrons. The van der Waals surface area contributed by atoms with Gasteiger partial charge in [0.1, 0.15) is 5.82 Å². The molecule has 2 atom stereocenters. The molecule has 1 aromatic rings. The van der Waals surface area contributed by atoms with Crippen LogP contribution >= 0.6 is 15.9 Å². The zero-order chi connectivity index (χ0) is 12.3. The van der Waals surface area contributed by atoms with Crippen LogP contribution in [-0.2, 0) is 4.74 Å². The lowest BCUT2D eigenvalue weighted by Gasteiger charge is -2.29. The van der Waals surface area contributed by atoms with Crippen molar-refractivity contribution in [2.45, 2.75) is 38.7 Å². The average Bonchev–Trinajstić information content (AvgIpc) is 2.34. The molecule has 3 heteroatoms. The van der Waals surface area contributed by atoms with Gasteiger partial charge in [-0.15, -0.1) is 0 Å². The second-order valence-corrected chi connectivity index (χ2v) is 5.58. The normalized spacial score (nSPS) is 24.9. The van der Waals surface area contributed by atoms with Crippen molar-refractivity contribution >= 4 is 15.9 Å². The van der Waals surface area contributed by atoms with E-state index in [1.165, 1.54) is 19.3 Å². The van der Waals surface area contributed by atoms with Crippen molar-refractivity contribution in [3.8, 4) is 0 Å². The van der Waals surface area contributed by atoms with Crippen LogP contribution in [0, 0.1) is 11.7 Å². The van der Waals surface area contributed by atoms with Crippen LogP contribution < -0.4 is 0 Å². The molecular weight excluding hydrogens is 283 g/mol. The minimum absolute atomic E-state index is 0.0747. The van der Waals surface area contributed by atoms with E-state index >= 15 is 0 Å². The Morgan fingerprint density at radius 3 is 2.82 bits per heavy atom. The number of hydrogen-bond acceptors (Lipinski definition) is 1. The van der Waals surface area contributed by atoms with Gasteiger partial charge in [-0.1, -0.05) is 19.4 Å². The molecule has 0 saturated carbocycles. The van der Waals surface area contributed by atoms with Crippen molar-refractivity contribution in [3.05, 3.63) is 34.1 Å². The topological polar surface area (TPSA) is 9.23 Å². The summed E-state index contributed by atoms with van der Waals surface area (Å²) in [6.45, 7) is 3.02.